The number of nitrogens with one attached hydrogen (secondary N) is 1. The molecule has 0 atom stereocenters. The number of carbonyl (C=O) groups excluding carboxylic acids is 1. The summed E-state index contributed by atoms with van der Waals surface area (Å²) in [5.74, 6) is 0.347. The smallest absolute Gasteiger partial charge is 0.257 e. The molecule has 2 aromatic heterocycles. The molecule has 2 aromatic carbocycles. The summed E-state index contributed by atoms with van der Waals surface area (Å²) in [6, 6.07) is 21.3. The second-order valence-electron chi connectivity index (χ2n) is 6.56. The van der Waals surface area contributed by atoms with E-state index in [9.17, 15) is 4.79 Å². The molecule has 132 valence electrons. The quantitative estimate of drug-likeness (QED) is 0.553. The van der Waals surface area contributed by atoms with Gasteiger partial charge in [0.25, 0.3) is 5.91 Å². The lowest BCUT2D eigenvalue weighted by Crippen LogP contribution is -2.14. The Kier molecular flexibility index (Phi) is 4.38. The minimum Gasteiger partial charge on any atom is -0.307 e. The minimum absolute atomic E-state index is 0.193. The van der Waals surface area contributed by atoms with Crippen molar-refractivity contribution >= 4 is 22.6 Å². The van der Waals surface area contributed by atoms with Crippen LogP contribution in [0.2, 0.25) is 0 Å². The molecule has 0 saturated carbocycles. The van der Waals surface area contributed by atoms with Crippen LogP contribution in [-0.4, -0.2) is 15.9 Å². The average Bonchev–Trinajstić information content (AvgIpc) is 2.67. The number of aromatic nitrogens is 2. The van der Waals surface area contributed by atoms with Crippen molar-refractivity contribution < 1.29 is 4.79 Å². The van der Waals surface area contributed by atoms with Crippen LogP contribution in [0.5, 0.6) is 0 Å². The number of rotatable bonds is 3. The molecule has 1 N–H and O–H groups in total. The zero-order valence-corrected chi connectivity index (χ0v) is 15.2. The molecule has 0 radical (unpaired) electrons. The van der Waals surface area contributed by atoms with E-state index in [0.717, 1.165) is 33.3 Å². The normalized spacial score (nSPS) is 10.7. The Balaban J connectivity index is 1.83. The van der Waals surface area contributed by atoms with E-state index in [1.807, 2.05) is 80.6 Å². The average molecular weight is 353 g/mol. The molecule has 4 rings (SSSR count). The molecular weight excluding hydrogens is 334 g/mol. The SMILES string of the molecule is Cc1ccnc(NC(=O)c2cc(-c3ccccc3C)nc3ccccc23)c1. The van der Waals surface area contributed by atoms with Gasteiger partial charge in [0.15, 0.2) is 0 Å². The number of hydrogen-bond acceptors (Lipinski definition) is 3. The van der Waals surface area contributed by atoms with Gasteiger partial charge in [-0.1, -0.05) is 42.5 Å². The van der Waals surface area contributed by atoms with Gasteiger partial charge in [0.2, 0.25) is 0 Å². The Labute approximate surface area is 157 Å². The predicted octanol–water partition coefficient (Wildman–Crippen LogP) is 5.17. The van der Waals surface area contributed by atoms with Crippen LogP contribution in [0.3, 0.4) is 0 Å². The van der Waals surface area contributed by atoms with E-state index in [1.54, 1.807) is 6.20 Å². The molecule has 0 bridgehead atoms. The van der Waals surface area contributed by atoms with Crippen LogP contribution < -0.4 is 5.32 Å². The number of amides is 1. The van der Waals surface area contributed by atoms with Gasteiger partial charge in [0.05, 0.1) is 16.8 Å². The molecule has 0 aliphatic carbocycles. The van der Waals surface area contributed by atoms with Crippen molar-refractivity contribution in [2.75, 3.05) is 5.32 Å². The molecule has 0 spiro atoms. The third-order valence-electron chi connectivity index (χ3n) is 4.54. The summed E-state index contributed by atoms with van der Waals surface area (Å²) >= 11 is 0. The first kappa shape index (κ1) is 16.9. The Morgan fingerprint density at radius 1 is 0.926 bits per heavy atom. The summed E-state index contributed by atoms with van der Waals surface area (Å²) in [6.45, 7) is 4.01. The Morgan fingerprint density at radius 2 is 1.70 bits per heavy atom. The third kappa shape index (κ3) is 3.42. The van der Waals surface area contributed by atoms with Gasteiger partial charge >= 0.3 is 0 Å². The molecular formula is C23H19N3O. The van der Waals surface area contributed by atoms with Crippen molar-refractivity contribution in [1.82, 2.24) is 9.97 Å². The maximum Gasteiger partial charge on any atom is 0.257 e. The van der Waals surface area contributed by atoms with Crippen molar-refractivity contribution in [3.63, 3.8) is 0 Å². The zero-order chi connectivity index (χ0) is 18.8. The van der Waals surface area contributed by atoms with Gasteiger partial charge in [-0.3, -0.25) is 4.79 Å². The van der Waals surface area contributed by atoms with E-state index in [1.165, 1.54) is 0 Å². The molecule has 0 fully saturated rings. The van der Waals surface area contributed by atoms with Crippen molar-refractivity contribution in [2.45, 2.75) is 13.8 Å². The first-order chi connectivity index (χ1) is 13.1. The van der Waals surface area contributed by atoms with E-state index in [0.29, 0.717) is 11.4 Å². The van der Waals surface area contributed by atoms with Crippen LogP contribution in [0.25, 0.3) is 22.2 Å². The highest BCUT2D eigenvalue weighted by Gasteiger charge is 2.15. The standard InChI is InChI=1S/C23H19N3O/c1-15-11-12-24-22(13-15)26-23(27)19-14-21(17-8-4-3-7-16(17)2)25-20-10-6-5-9-18(19)20/h3-14H,1-2H3,(H,24,26,27). The summed E-state index contributed by atoms with van der Waals surface area (Å²) in [7, 11) is 0. The molecule has 27 heavy (non-hydrogen) atoms. The summed E-state index contributed by atoms with van der Waals surface area (Å²) in [5, 5.41) is 3.73. The highest BCUT2D eigenvalue weighted by Crippen LogP contribution is 2.27. The summed E-state index contributed by atoms with van der Waals surface area (Å²) < 4.78 is 0. The van der Waals surface area contributed by atoms with Gasteiger partial charge in [-0.15, -0.1) is 0 Å². The maximum absolute atomic E-state index is 13.0. The Morgan fingerprint density at radius 3 is 2.52 bits per heavy atom. The topological polar surface area (TPSA) is 54.9 Å². The highest BCUT2D eigenvalue weighted by atomic mass is 16.1. The van der Waals surface area contributed by atoms with Gasteiger partial charge in [-0.05, 0) is 49.2 Å². The lowest BCUT2D eigenvalue weighted by Gasteiger charge is -2.12. The summed E-state index contributed by atoms with van der Waals surface area (Å²) in [5.41, 5.74) is 5.34. The molecule has 0 saturated heterocycles. The third-order valence-corrected chi connectivity index (χ3v) is 4.54. The molecule has 0 aliphatic heterocycles. The Bertz CT molecular complexity index is 1150. The van der Waals surface area contributed by atoms with Crippen molar-refractivity contribution in [3.8, 4) is 11.3 Å². The van der Waals surface area contributed by atoms with Crippen LogP contribution in [0.15, 0.2) is 72.9 Å². The zero-order valence-electron chi connectivity index (χ0n) is 15.2. The number of para-hydroxylation sites is 1. The van der Waals surface area contributed by atoms with Crippen LogP contribution in [0.1, 0.15) is 21.5 Å². The fourth-order valence-corrected chi connectivity index (χ4v) is 3.15. The molecule has 1 amide bonds. The molecule has 4 aromatic rings. The fraction of sp³-hybridized carbons (Fsp3) is 0.0870. The van der Waals surface area contributed by atoms with Crippen LogP contribution >= 0.6 is 0 Å². The van der Waals surface area contributed by atoms with Crippen molar-refractivity contribution in [2.24, 2.45) is 0 Å². The molecule has 4 heteroatoms. The van der Waals surface area contributed by atoms with E-state index in [4.69, 9.17) is 4.98 Å². The molecule has 0 unspecified atom stereocenters. The second kappa shape index (κ2) is 7.00. The van der Waals surface area contributed by atoms with Crippen LogP contribution in [0, 0.1) is 13.8 Å². The molecule has 4 nitrogen and oxygen atoms in total. The number of benzene rings is 2. The predicted molar refractivity (Wildman–Crippen MR) is 109 cm³/mol. The van der Waals surface area contributed by atoms with E-state index >= 15 is 0 Å². The van der Waals surface area contributed by atoms with E-state index in [2.05, 4.69) is 10.3 Å². The van der Waals surface area contributed by atoms with Gasteiger partial charge in [-0.2, -0.15) is 0 Å². The second-order valence-corrected chi connectivity index (χ2v) is 6.56. The van der Waals surface area contributed by atoms with E-state index < -0.39 is 0 Å². The first-order valence-corrected chi connectivity index (χ1v) is 8.81. The van der Waals surface area contributed by atoms with Gasteiger partial charge in [0, 0.05) is 17.1 Å². The fourth-order valence-electron chi connectivity index (χ4n) is 3.15. The van der Waals surface area contributed by atoms with Crippen LogP contribution in [-0.2, 0) is 0 Å². The minimum atomic E-state index is -0.193. The largest absolute Gasteiger partial charge is 0.307 e. The van der Waals surface area contributed by atoms with Crippen molar-refractivity contribution in [3.05, 3.63) is 89.6 Å². The number of anilines is 1. The lowest BCUT2D eigenvalue weighted by molar-refractivity contribution is 0.102. The van der Waals surface area contributed by atoms with Crippen molar-refractivity contribution in [1.29, 1.82) is 0 Å². The van der Waals surface area contributed by atoms with Gasteiger partial charge < -0.3 is 5.32 Å². The van der Waals surface area contributed by atoms with E-state index in [-0.39, 0.29) is 5.91 Å². The number of carbonyl (C=O) groups is 1. The monoisotopic (exact) mass is 353 g/mol. The molecule has 0 aliphatic rings. The summed E-state index contributed by atoms with van der Waals surface area (Å²) in [4.78, 5) is 22.0. The highest BCUT2D eigenvalue weighted by molar-refractivity contribution is 6.12. The maximum atomic E-state index is 13.0. The first-order valence-electron chi connectivity index (χ1n) is 8.81. The number of hydrogen-bond donors (Lipinski definition) is 1. The number of fused-ring (bicyclic) bond motifs is 1. The Hall–Kier alpha value is -3.53. The van der Waals surface area contributed by atoms with Crippen LogP contribution in [0.4, 0.5) is 5.82 Å². The lowest BCUT2D eigenvalue weighted by atomic mass is 10.0. The van der Waals surface area contributed by atoms with Gasteiger partial charge in [0.1, 0.15) is 5.82 Å². The molecule has 2 heterocycles. The van der Waals surface area contributed by atoms with Gasteiger partial charge in [-0.25, -0.2) is 9.97 Å². The number of aryl methyl sites for hydroxylation is 2. The summed E-state index contributed by atoms with van der Waals surface area (Å²) in [6.07, 6.45) is 1.69. The number of pyridine rings is 2. The number of nitrogens with zero attached hydrogens (tertiary/aromatic N) is 2.